The number of hydrogen-bond acceptors (Lipinski definition) is 4. The maximum Gasteiger partial charge on any atom is 0.276 e. The Balaban J connectivity index is 2.17. The molecule has 0 radical (unpaired) electrons. The van der Waals surface area contributed by atoms with Crippen LogP contribution < -0.4 is 5.73 Å². The zero-order valence-electron chi connectivity index (χ0n) is 10.8. The molecule has 3 N–H and O–H groups in total. The first-order chi connectivity index (χ1) is 9.26. The van der Waals surface area contributed by atoms with Crippen molar-refractivity contribution in [3.05, 3.63) is 47.3 Å². The summed E-state index contributed by atoms with van der Waals surface area (Å²) in [7, 11) is 0. The summed E-state index contributed by atoms with van der Waals surface area (Å²) in [6.07, 6.45) is 1.43. The molecule has 1 aromatic heterocycles. The first-order valence-corrected chi connectivity index (χ1v) is 6.18. The first kappa shape index (κ1) is 13.2. The van der Waals surface area contributed by atoms with E-state index in [0.29, 0.717) is 25.3 Å². The summed E-state index contributed by atoms with van der Waals surface area (Å²) in [6.45, 7) is 3.52. The molecule has 6 nitrogen and oxygen atoms in total. The fraction of sp³-hybridized carbons (Fsp3) is 0.308. The Hall–Kier alpha value is -2.21. The van der Waals surface area contributed by atoms with Crippen molar-refractivity contribution in [3.8, 4) is 0 Å². The van der Waals surface area contributed by atoms with Gasteiger partial charge in [0, 0.05) is 19.6 Å². The highest BCUT2D eigenvalue weighted by Gasteiger charge is 2.17. The van der Waals surface area contributed by atoms with Crippen LogP contribution in [-0.4, -0.2) is 32.8 Å². The molecule has 0 unspecified atom stereocenters. The van der Waals surface area contributed by atoms with Gasteiger partial charge in [0.25, 0.3) is 5.91 Å². The number of H-pyrrole nitrogens is 1. The van der Waals surface area contributed by atoms with E-state index in [1.807, 2.05) is 31.2 Å². The molecule has 1 aromatic carbocycles. The Labute approximate surface area is 111 Å². The van der Waals surface area contributed by atoms with Crippen molar-refractivity contribution >= 4 is 5.91 Å². The van der Waals surface area contributed by atoms with Gasteiger partial charge in [0.1, 0.15) is 0 Å². The van der Waals surface area contributed by atoms with Gasteiger partial charge in [0.2, 0.25) is 0 Å². The molecule has 19 heavy (non-hydrogen) atoms. The molecule has 0 bridgehead atoms. The van der Waals surface area contributed by atoms with Crippen molar-refractivity contribution in [2.45, 2.75) is 20.0 Å². The van der Waals surface area contributed by atoms with E-state index in [2.05, 4.69) is 15.4 Å². The van der Waals surface area contributed by atoms with E-state index in [1.54, 1.807) is 4.90 Å². The average Bonchev–Trinajstić information content (AvgIpc) is 2.98. The fourth-order valence-electron chi connectivity index (χ4n) is 1.91. The summed E-state index contributed by atoms with van der Waals surface area (Å²) >= 11 is 0. The SMILES string of the molecule is CCN(Cc1ccccc1CN)C(=O)c1cn[nH]n1. The van der Waals surface area contributed by atoms with Gasteiger partial charge < -0.3 is 10.6 Å². The number of rotatable bonds is 5. The first-order valence-electron chi connectivity index (χ1n) is 6.18. The van der Waals surface area contributed by atoms with Crippen LogP contribution in [-0.2, 0) is 13.1 Å². The van der Waals surface area contributed by atoms with Crippen LogP contribution in [0.15, 0.2) is 30.5 Å². The van der Waals surface area contributed by atoms with Gasteiger partial charge in [0.05, 0.1) is 6.20 Å². The lowest BCUT2D eigenvalue weighted by molar-refractivity contribution is 0.0746. The second kappa shape index (κ2) is 6.10. The molecular formula is C13H17N5O. The monoisotopic (exact) mass is 259 g/mol. The number of aromatic amines is 1. The quantitative estimate of drug-likeness (QED) is 0.836. The van der Waals surface area contributed by atoms with E-state index in [4.69, 9.17) is 5.73 Å². The third-order valence-electron chi connectivity index (χ3n) is 3.00. The van der Waals surface area contributed by atoms with Crippen LogP contribution >= 0.6 is 0 Å². The van der Waals surface area contributed by atoms with Crippen molar-refractivity contribution in [2.24, 2.45) is 5.73 Å². The van der Waals surface area contributed by atoms with Crippen molar-refractivity contribution < 1.29 is 4.79 Å². The van der Waals surface area contributed by atoms with Gasteiger partial charge in [0.15, 0.2) is 5.69 Å². The van der Waals surface area contributed by atoms with Crippen molar-refractivity contribution in [3.63, 3.8) is 0 Å². The molecular weight excluding hydrogens is 242 g/mol. The Bertz CT molecular complexity index is 538. The maximum absolute atomic E-state index is 12.2. The normalized spacial score (nSPS) is 10.4. The summed E-state index contributed by atoms with van der Waals surface area (Å²) < 4.78 is 0. The molecule has 0 saturated carbocycles. The lowest BCUT2D eigenvalue weighted by Crippen LogP contribution is -2.31. The lowest BCUT2D eigenvalue weighted by atomic mass is 10.1. The zero-order chi connectivity index (χ0) is 13.7. The predicted molar refractivity (Wildman–Crippen MR) is 71.1 cm³/mol. The number of amides is 1. The molecule has 100 valence electrons. The van der Waals surface area contributed by atoms with Gasteiger partial charge in [-0.1, -0.05) is 24.3 Å². The number of nitrogens with zero attached hydrogens (tertiary/aromatic N) is 3. The maximum atomic E-state index is 12.2. The largest absolute Gasteiger partial charge is 0.333 e. The standard InChI is InChI=1S/C13H17N5O/c1-2-18(13(19)12-8-15-17-16-12)9-11-6-4-3-5-10(11)7-14/h3-6,8H,2,7,9,14H2,1H3,(H,15,16,17). The number of carbonyl (C=O) groups excluding carboxylic acids is 1. The van der Waals surface area contributed by atoms with E-state index in [1.165, 1.54) is 6.20 Å². The molecule has 2 aromatic rings. The van der Waals surface area contributed by atoms with E-state index in [9.17, 15) is 4.79 Å². The van der Waals surface area contributed by atoms with Crippen molar-refractivity contribution in [1.82, 2.24) is 20.3 Å². The third-order valence-corrected chi connectivity index (χ3v) is 3.00. The number of aromatic nitrogens is 3. The van der Waals surface area contributed by atoms with Crippen LogP contribution in [0.3, 0.4) is 0 Å². The van der Waals surface area contributed by atoms with Crippen LogP contribution in [0.4, 0.5) is 0 Å². The third kappa shape index (κ3) is 2.97. The van der Waals surface area contributed by atoms with Crippen molar-refractivity contribution in [2.75, 3.05) is 6.54 Å². The minimum Gasteiger partial charge on any atom is -0.333 e. The molecule has 1 heterocycles. The number of hydrogen-bond donors (Lipinski definition) is 2. The van der Waals surface area contributed by atoms with Gasteiger partial charge in [-0.05, 0) is 18.1 Å². The Morgan fingerprint density at radius 1 is 1.37 bits per heavy atom. The summed E-state index contributed by atoms with van der Waals surface area (Å²) in [5, 5.41) is 9.92. The molecule has 0 aliphatic carbocycles. The zero-order valence-corrected chi connectivity index (χ0v) is 10.8. The molecule has 0 fully saturated rings. The van der Waals surface area contributed by atoms with E-state index >= 15 is 0 Å². The number of carbonyl (C=O) groups is 1. The predicted octanol–water partition coefficient (Wildman–Crippen LogP) is 0.926. The fourth-order valence-corrected chi connectivity index (χ4v) is 1.91. The van der Waals surface area contributed by atoms with Gasteiger partial charge >= 0.3 is 0 Å². The van der Waals surface area contributed by atoms with Crippen LogP contribution in [0.5, 0.6) is 0 Å². The van der Waals surface area contributed by atoms with Gasteiger partial charge in [-0.15, -0.1) is 0 Å². The lowest BCUT2D eigenvalue weighted by Gasteiger charge is -2.21. The number of nitrogens with two attached hydrogens (primary N) is 1. The summed E-state index contributed by atoms with van der Waals surface area (Å²) in [5.74, 6) is -0.136. The summed E-state index contributed by atoms with van der Waals surface area (Å²) in [5.41, 5.74) is 8.14. The Morgan fingerprint density at radius 2 is 2.11 bits per heavy atom. The molecule has 1 amide bonds. The highest BCUT2D eigenvalue weighted by molar-refractivity contribution is 5.91. The van der Waals surface area contributed by atoms with Crippen molar-refractivity contribution in [1.29, 1.82) is 0 Å². The highest BCUT2D eigenvalue weighted by Crippen LogP contribution is 2.12. The molecule has 0 aliphatic rings. The summed E-state index contributed by atoms with van der Waals surface area (Å²) in [4.78, 5) is 13.9. The van der Waals surface area contributed by atoms with Gasteiger partial charge in [-0.3, -0.25) is 4.79 Å². The topological polar surface area (TPSA) is 87.9 Å². The minimum atomic E-state index is -0.136. The van der Waals surface area contributed by atoms with Crippen LogP contribution in [0.2, 0.25) is 0 Å². The Kier molecular flexibility index (Phi) is 4.25. The molecule has 0 aliphatic heterocycles. The van der Waals surface area contributed by atoms with Crippen LogP contribution in [0, 0.1) is 0 Å². The van der Waals surface area contributed by atoms with Crippen LogP contribution in [0.25, 0.3) is 0 Å². The molecule has 0 atom stereocenters. The molecule has 0 saturated heterocycles. The second-order valence-corrected chi connectivity index (χ2v) is 4.15. The summed E-state index contributed by atoms with van der Waals surface area (Å²) in [6, 6.07) is 7.86. The van der Waals surface area contributed by atoms with E-state index in [0.717, 1.165) is 11.1 Å². The van der Waals surface area contributed by atoms with Gasteiger partial charge in [-0.25, -0.2) is 0 Å². The molecule has 0 spiro atoms. The van der Waals surface area contributed by atoms with E-state index < -0.39 is 0 Å². The molecule has 6 heteroatoms. The van der Waals surface area contributed by atoms with Crippen LogP contribution in [0.1, 0.15) is 28.5 Å². The average molecular weight is 259 g/mol. The van der Waals surface area contributed by atoms with Gasteiger partial charge in [-0.2, -0.15) is 15.4 Å². The molecule has 2 rings (SSSR count). The highest BCUT2D eigenvalue weighted by atomic mass is 16.2. The number of benzene rings is 1. The second-order valence-electron chi connectivity index (χ2n) is 4.15. The number of nitrogens with one attached hydrogen (secondary N) is 1. The smallest absolute Gasteiger partial charge is 0.276 e. The Morgan fingerprint density at radius 3 is 2.68 bits per heavy atom. The minimum absolute atomic E-state index is 0.136. The van der Waals surface area contributed by atoms with E-state index in [-0.39, 0.29) is 5.91 Å².